The Morgan fingerprint density at radius 1 is 1.22 bits per heavy atom. The van der Waals surface area contributed by atoms with Crippen LogP contribution in [-0.2, 0) is 20.9 Å². The number of imide groups is 1. The average molecular weight is 390 g/mol. The molecule has 8 heteroatoms. The molecule has 2 aromatic rings. The van der Waals surface area contributed by atoms with Crippen molar-refractivity contribution in [3.63, 3.8) is 0 Å². The first-order chi connectivity index (χ1) is 13.0. The number of amides is 2. The summed E-state index contributed by atoms with van der Waals surface area (Å²) in [4.78, 5) is 26.9. The van der Waals surface area contributed by atoms with Crippen molar-refractivity contribution in [2.45, 2.75) is 38.5 Å². The SMILES string of the molecule is Cc1cc(N2C(=O)[C@@H]3[C@H](C2=O)[C@H]2CC[C@@H]3O2)nn1Cc1c(F)cccc1Cl. The first-order valence-electron chi connectivity index (χ1n) is 8.96. The van der Waals surface area contributed by atoms with E-state index >= 15 is 0 Å². The van der Waals surface area contributed by atoms with Crippen LogP contribution in [0, 0.1) is 24.6 Å². The first-order valence-corrected chi connectivity index (χ1v) is 9.34. The number of halogens is 2. The number of aryl methyl sites for hydroxylation is 1. The van der Waals surface area contributed by atoms with E-state index in [4.69, 9.17) is 16.3 Å². The van der Waals surface area contributed by atoms with Gasteiger partial charge in [0, 0.05) is 22.3 Å². The highest BCUT2D eigenvalue weighted by Gasteiger charge is 2.63. The topological polar surface area (TPSA) is 64.4 Å². The van der Waals surface area contributed by atoms with Gasteiger partial charge >= 0.3 is 0 Å². The van der Waals surface area contributed by atoms with Crippen LogP contribution in [-0.4, -0.2) is 33.8 Å². The molecule has 1 aromatic carbocycles. The number of ether oxygens (including phenoxy) is 1. The zero-order valence-electron chi connectivity index (χ0n) is 14.6. The van der Waals surface area contributed by atoms with E-state index in [1.807, 2.05) is 0 Å². The summed E-state index contributed by atoms with van der Waals surface area (Å²) in [6.45, 7) is 1.92. The molecule has 4 atom stereocenters. The van der Waals surface area contributed by atoms with Crippen LogP contribution in [0.3, 0.4) is 0 Å². The summed E-state index contributed by atoms with van der Waals surface area (Å²) in [6.07, 6.45) is 1.30. The zero-order chi connectivity index (χ0) is 18.9. The molecule has 0 unspecified atom stereocenters. The lowest BCUT2D eigenvalue weighted by Gasteiger charge is -2.15. The second-order valence-corrected chi connectivity index (χ2v) is 7.76. The van der Waals surface area contributed by atoms with E-state index in [1.54, 1.807) is 29.8 Å². The summed E-state index contributed by atoms with van der Waals surface area (Å²) in [5.41, 5.74) is 1.03. The molecule has 0 aliphatic carbocycles. The number of hydrogen-bond donors (Lipinski definition) is 0. The number of fused-ring (bicyclic) bond motifs is 5. The first kappa shape index (κ1) is 16.9. The zero-order valence-corrected chi connectivity index (χ0v) is 15.3. The molecule has 0 saturated carbocycles. The number of carbonyl (C=O) groups excluding carboxylic acids is 2. The van der Waals surface area contributed by atoms with E-state index in [1.165, 1.54) is 11.0 Å². The molecule has 4 heterocycles. The highest BCUT2D eigenvalue weighted by Crippen LogP contribution is 2.49. The van der Waals surface area contributed by atoms with Gasteiger partial charge < -0.3 is 4.74 Å². The molecule has 0 radical (unpaired) electrons. The molecule has 3 fully saturated rings. The van der Waals surface area contributed by atoms with E-state index in [9.17, 15) is 14.0 Å². The standard InChI is InChI=1S/C19H17ClFN3O3/c1-9-7-15(22-23(9)8-10-11(20)3-2-4-12(10)21)24-18(25)16-13-5-6-14(27-13)17(16)19(24)26/h2-4,7,13-14,16-17H,5-6,8H2,1H3/t13-,14+,16-,17+. The summed E-state index contributed by atoms with van der Waals surface area (Å²) in [7, 11) is 0. The lowest BCUT2D eigenvalue weighted by molar-refractivity contribution is -0.124. The molecular formula is C19H17ClFN3O3. The third kappa shape index (κ3) is 2.38. The van der Waals surface area contributed by atoms with Gasteiger partial charge in [0.2, 0.25) is 11.8 Å². The number of anilines is 1. The van der Waals surface area contributed by atoms with Gasteiger partial charge in [0.05, 0.1) is 30.6 Å². The fraction of sp³-hybridized carbons (Fsp3) is 0.421. The van der Waals surface area contributed by atoms with Crippen LogP contribution in [0.15, 0.2) is 24.3 Å². The molecule has 140 valence electrons. The Hall–Kier alpha value is -2.25. The predicted octanol–water partition coefficient (Wildman–Crippen LogP) is 2.70. The maximum absolute atomic E-state index is 14.1. The van der Waals surface area contributed by atoms with Gasteiger partial charge in [-0.3, -0.25) is 14.3 Å². The highest BCUT2D eigenvalue weighted by molar-refractivity contribution is 6.31. The monoisotopic (exact) mass is 389 g/mol. The molecule has 3 saturated heterocycles. The maximum atomic E-state index is 14.1. The van der Waals surface area contributed by atoms with Gasteiger partial charge in [-0.2, -0.15) is 5.10 Å². The molecule has 3 aliphatic heterocycles. The fourth-order valence-electron chi connectivity index (χ4n) is 4.53. The highest BCUT2D eigenvalue weighted by atomic mass is 35.5. The van der Waals surface area contributed by atoms with Crippen molar-refractivity contribution in [1.82, 2.24) is 9.78 Å². The van der Waals surface area contributed by atoms with Crippen molar-refractivity contribution in [2.75, 3.05) is 4.90 Å². The van der Waals surface area contributed by atoms with E-state index < -0.39 is 17.7 Å². The van der Waals surface area contributed by atoms with Gasteiger partial charge in [0.1, 0.15) is 5.82 Å². The van der Waals surface area contributed by atoms with Gasteiger partial charge in [-0.15, -0.1) is 0 Å². The van der Waals surface area contributed by atoms with E-state index in [2.05, 4.69) is 5.10 Å². The lowest BCUT2D eigenvalue weighted by atomic mass is 9.81. The van der Waals surface area contributed by atoms with Crippen molar-refractivity contribution in [1.29, 1.82) is 0 Å². The van der Waals surface area contributed by atoms with Crippen molar-refractivity contribution in [3.8, 4) is 0 Å². The van der Waals surface area contributed by atoms with Crippen LogP contribution >= 0.6 is 11.6 Å². The Balaban J connectivity index is 1.47. The van der Waals surface area contributed by atoms with Crippen molar-refractivity contribution in [3.05, 3.63) is 46.4 Å². The molecule has 3 aliphatic rings. The van der Waals surface area contributed by atoms with Gasteiger partial charge in [0.15, 0.2) is 5.82 Å². The largest absolute Gasteiger partial charge is 0.373 e. The van der Waals surface area contributed by atoms with Crippen LogP contribution in [0.4, 0.5) is 10.2 Å². The summed E-state index contributed by atoms with van der Waals surface area (Å²) in [5, 5.41) is 4.71. The van der Waals surface area contributed by atoms with Crippen LogP contribution in [0.5, 0.6) is 0 Å². The minimum Gasteiger partial charge on any atom is -0.373 e. The second kappa shape index (κ2) is 5.87. The number of nitrogens with zero attached hydrogens (tertiary/aromatic N) is 3. The van der Waals surface area contributed by atoms with Crippen LogP contribution in [0.1, 0.15) is 24.1 Å². The number of rotatable bonds is 3. The number of benzene rings is 1. The lowest BCUT2D eigenvalue weighted by Crippen LogP contribution is -2.34. The third-order valence-electron chi connectivity index (χ3n) is 5.85. The smallest absolute Gasteiger partial charge is 0.241 e. The maximum Gasteiger partial charge on any atom is 0.241 e. The summed E-state index contributed by atoms with van der Waals surface area (Å²) in [6, 6.07) is 6.17. The van der Waals surface area contributed by atoms with Crippen LogP contribution in [0.2, 0.25) is 5.02 Å². The number of carbonyl (C=O) groups is 2. The predicted molar refractivity (Wildman–Crippen MR) is 94.8 cm³/mol. The Kier molecular flexibility index (Phi) is 3.67. The van der Waals surface area contributed by atoms with Gasteiger partial charge in [0.25, 0.3) is 0 Å². The molecule has 0 spiro atoms. The van der Waals surface area contributed by atoms with Crippen molar-refractivity contribution < 1.29 is 18.7 Å². The minimum absolute atomic E-state index is 0.120. The Morgan fingerprint density at radius 2 is 1.89 bits per heavy atom. The third-order valence-corrected chi connectivity index (χ3v) is 6.21. The van der Waals surface area contributed by atoms with Crippen LogP contribution in [0.25, 0.3) is 0 Å². The number of hydrogen-bond acceptors (Lipinski definition) is 4. The van der Waals surface area contributed by atoms with E-state index in [0.717, 1.165) is 12.8 Å². The van der Waals surface area contributed by atoms with E-state index in [0.29, 0.717) is 16.3 Å². The van der Waals surface area contributed by atoms with Gasteiger partial charge in [-0.05, 0) is 31.9 Å². The molecule has 2 amide bonds. The van der Waals surface area contributed by atoms with Gasteiger partial charge in [-0.25, -0.2) is 9.29 Å². The fourth-order valence-corrected chi connectivity index (χ4v) is 4.76. The molecule has 5 rings (SSSR count). The summed E-state index contributed by atoms with van der Waals surface area (Å²) >= 11 is 6.10. The normalized spacial score (nSPS) is 29.1. The van der Waals surface area contributed by atoms with Crippen molar-refractivity contribution >= 4 is 29.2 Å². The van der Waals surface area contributed by atoms with Crippen LogP contribution < -0.4 is 4.90 Å². The quantitative estimate of drug-likeness (QED) is 0.757. The second-order valence-electron chi connectivity index (χ2n) is 7.36. The minimum atomic E-state index is -0.421. The van der Waals surface area contributed by atoms with Crippen molar-refractivity contribution in [2.24, 2.45) is 11.8 Å². The Bertz CT molecular complexity index is 927. The molecule has 1 aromatic heterocycles. The number of aromatic nitrogens is 2. The Labute approximate surface area is 159 Å². The average Bonchev–Trinajstić information content (AvgIpc) is 3.36. The molecular weight excluding hydrogens is 373 g/mol. The molecule has 2 bridgehead atoms. The summed E-state index contributed by atoms with van der Waals surface area (Å²) < 4.78 is 21.4. The Morgan fingerprint density at radius 3 is 2.52 bits per heavy atom. The van der Waals surface area contributed by atoms with E-state index in [-0.39, 0.29) is 36.4 Å². The molecule has 6 nitrogen and oxygen atoms in total. The molecule has 27 heavy (non-hydrogen) atoms. The molecule has 0 N–H and O–H groups in total. The van der Waals surface area contributed by atoms with Gasteiger partial charge in [-0.1, -0.05) is 17.7 Å². The summed E-state index contributed by atoms with van der Waals surface area (Å²) in [5.74, 6) is -1.43.